The van der Waals surface area contributed by atoms with Gasteiger partial charge in [-0.25, -0.2) is 0 Å². The molecule has 1 atom stereocenters. The van der Waals surface area contributed by atoms with Gasteiger partial charge in [0.1, 0.15) is 0 Å². The molecule has 1 aromatic rings. The number of carbonyl (C=O) groups excluding carboxylic acids is 1. The maximum Gasteiger partial charge on any atom is 0.227 e. The van der Waals surface area contributed by atoms with E-state index in [9.17, 15) is 4.79 Å². The van der Waals surface area contributed by atoms with Crippen LogP contribution in [0.2, 0.25) is 0 Å². The Hall–Kier alpha value is -1.00. The molecule has 2 rings (SSSR count). The Kier molecular flexibility index (Phi) is 4.66. The monoisotopic (exact) mass is 265 g/mol. The third-order valence-corrected chi connectivity index (χ3v) is 3.39. The Morgan fingerprint density at radius 3 is 2.89 bits per heavy atom. The minimum atomic E-state index is 0.135. The summed E-state index contributed by atoms with van der Waals surface area (Å²) in [5, 5.41) is 0. The molecule has 0 radical (unpaired) electrons. The van der Waals surface area contributed by atoms with Crippen LogP contribution in [0.5, 0.6) is 0 Å². The van der Waals surface area contributed by atoms with Crippen molar-refractivity contribution >= 4 is 18.5 Å². The maximum absolute atomic E-state index is 12.2. The van der Waals surface area contributed by atoms with Gasteiger partial charge in [-0.1, -0.05) is 12.1 Å². The zero-order chi connectivity index (χ0) is 13.0. The van der Waals surface area contributed by atoms with Crippen molar-refractivity contribution < 1.29 is 9.53 Å². The number of hydrogen-bond acceptors (Lipinski definition) is 3. The predicted molar refractivity (Wildman–Crippen MR) is 74.0 cm³/mol. The van der Waals surface area contributed by atoms with Crippen molar-refractivity contribution in [1.82, 2.24) is 4.90 Å². The van der Waals surface area contributed by atoms with Crippen LogP contribution in [0, 0.1) is 0 Å². The second-order valence-corrected chi connectivity index (χ2v) is 5.23. The van der Waals surface area contributed by atoms with Crippen LogP contribution in [-0.2, 0) is 16.0 Å². The lowest BCUT2D eigenvalue weighted by atomic mass is 10.1. The van der Waals surface area contributed by atoms with Gasteiger partial charge >= 0.3 is 0 Å². The van der Waals surface area contributed by atoms with Gasteiger partial charge in [-0.05, 0) is 31.0 Å². The fourth-order valence-electron chi connectivity index (χ4n) is 2.12. The van der Waals surface area contributed by atoms with Crippen molar-refractivity contribution in [3.8, 4) is 0 Å². The summed E-state index contributed by atoms with van der Waals surface area (Å²) in [5.74, 6) is 0.180. The maximum atomic E-state index is 12.2. The topological polar surface area (TPSA) is 29.5 Å². The second kappa shape index (κ2) is 6.25. The first-order chi connectivity index (χ1) is 8.65. The molecule has 1 unspecified atom stereocenters. The van der Waals surface area contributed by atoms with Gasteiger partial charge in [0.2, 0.25) is 5.91 Å². The minimum Gasteiger partial charge on any atom is -0.377 e. The van der Waals surface area contributed by atoms with E-state index in [1.165, 1.54) is 0 Å². The molecular weight excluding hydrogens is 246 g/mol. The summed E-state index contributed by atoms with van der Waals surface area (Å²) in [5.41, 5.74) is 1.04. The fraction of sp³-hybridized carbons (Fsp3) is 0.500. The van der Waals surface area contributed by atoms with E-state index >= 15 is 0 Å². The summed E-state index contributed by atoms with van der Waals surface area (Å²) < 4.78 is 5.55. The molecule has 0 bridgehead atoms. The van der Waals surface area contributed by atoms with Crippen molar-refractivity contribution in [2.75, 3.05) is 19.7 Å². The number of carbonyl (C=O) groups is 1. The lowest BCUT2D eigenvalue weighted by Crippen LogP contribution is -2.36. The standard InChI is InChI=1S/C14H19NO2S/c1-11-10-15(7-2-8-17-11)14(16)9-12-3-5-13(18)6-4-12/h3-6,11,18H,2,7-10H2,1H3. The van der Waals surface area contributed by atoms with Gasteiger partial charge in [0.15, 0.2) is 0 Å². The van der Waals surface area contributed by atoms with Gasteiger partial charge in [0, 0.05) is 24.6 Å². The van der Waals surface area contributed by atoms with Gasteiger partial charge in [-0.15, -0.1) is 12.6 Å². The fourth-order valence-corrected chi connectivity index (χ4v) is 2.27. The van der Waals surface area contributed by atoms with Crippen LogP contribution >= 0.6 is 12.6 Å². The predicted octanol–water partition coefficient (Wildman–Crippen LogP) is 2.16. The van der Waals surface area contributed by atoms with E-state index in [0.29, 0.717) is 13.0 Å². The van der Waals surface area contributed by atoms with Crippen molar-refractivity contribution in [3.63, 3.8) is 0 Å². The Bertz CT molecular complexity index is 405. The number of rotatable bonds is 2. The molecule has 4 heteroatoms. The molecular formula is C14H19NO2S. The Morgan fingerprint density at radius 2 is 2.17 bits per heavy atom. The number of benzene rings is 1. The molecule has 98 valence electrons. The first-order valence-corrected chi connectivity index (χ1v) is 6.77. The molecule has 1 fully saturated rings. The smallest absolute Gasteiger partial charge is 0.227 e. The molecule has 0 spiro atoms. The lowest BCUT2D eigenvalue weighted by Gasteiger charge is -2.22. The van der Waals surface area contributed by atoms with Crippen molar-refractivity contribution in [2.24, 2.45) is 0 Å². The average Bonchev–Trinajstić information content (AvgIpc) is 2.57. The highest BCUT2D eigenvalue weighted by Crippen LogP contribution is 2.11. The molecule has 0 aromatic heterocycles. The van der Waals surface area contributed by atoms with Crippen molar-refractivity contribution in [2.45, 2.75) is 30.8 Å². The van der Waals surface area contributed by atoms with Crippen LogP contribution in [0.25, 0.3) is 0 Å². The normalized spacial score (nSPS) is 20.6. The number of ether oxygens (including phenoxy) is 1. The lowest BCUT2D eigenvalue weighted by molar-refractivity contribution is -0.131. The Labute approximate surface area is 114 Å². The molecule has 3 nitrogen and oxygen atoms in total. The second-order valence-electron chi connectivity index (χ2n) is 4.72. The zero-order valence-electron chi connectivity index (χ0n) is 10.6. The van der Waals surface area contributed by atoms with Gasteiger partial charge in [0.25, 0.3) is 0 Å². The van der Waals surface area contributed by atoms with E-state index < -0.39 is 0 Å². The van der Waals surface area contributed by atoms with E-state index in [0.717, 1.165) is 30.0 Å². The molecule has 1 saturated heterocycles. The molecule has 1 amide bonds. The number of hydrogen-bond donors (Lipinski definition) is 1. The van der Waals surface area contributed by atoms with Gasteiger partial charge in [-0.2, -0.15) is 0 Å². The molecule has 1 aliphatic rings. The van der Waals surface area contributed by atoms with Crippen LogP contribution < -0.4 is 0 Å². The van der Waals surface area contributed by atoms with Crippen molar-refractivity contribution in [3.05, 3.63) is 29.8 Å². The number of thiol groups is 1. The summed E-state index contributed by atoms with van der Waals surface area (Å²) in [6.45, 7) is 4.26. The molecule has 1 heterocycles. The summed E-state index contributed by atoms with van der Waals surface area (Å²) in [4.78, 5) is 15.0. The molecule has 0 saturated carbocycles. The summed E-state index contributed by atoms with van der Waals surface area (Å²) >= 11 is 4.24. The number of amides is 1. The number of nitrogens with zero attached hydrogens (tertiary/aromatic N) is 1. The molecule has 0 N–H and O–H groups in total. The highest BCUT2D eigenvalue weighted by atomic mass is 32.1. The summed E-state index contributed by atoms with van der Waals surface area (Å²) in [6.07, 6.45) is 1.52. The SMILES string of the molecule is CC1CN(C(=O)Cc2ccc(S)cc2)CCCO1. The van der Waals surface area contributed by atoms with Crippen LogP contribution in [0.3, 0.4) is 0 Å². The van der Waals surface area contributed by atoms with Crippen LogP contribution in [0.4, 0.5) is 0 Å². The average molecular weight is 265 g/mol. The third-order valence-electron chi connectivity index (χ3n) is 3.10. The Balaban J connectivity index is 1.96. The van der Waals surface area contributed by atoms with Crippen LogP contribution in [0.15, 0.2) is 29.2 Å². The summed E-state index contributed by atoms with van der Waals surface area (Å²) in [6, 6.07) is 7.75. The van der Waals surface area contributed by atoms with Gasteiger partial charge in [-0.3, -0.25) is 4.79 Å². The van der Waals surface area contributed by atoms with Crippen LogP contribution in [0.1, 0.15) is 18.9 Å². The van der Waals surface area contributed by atoms with E-state index in [4.69, 9.17) is 4.74 Å². The largest absolute Gasteiger partial charge is 0.377 e. The quantitative estimate of drug-likeness (QED) is 0.830. The highest BCUT2D eigenvalue weighted by molar-refractivity contribution is 7.80. The van der Waals surface area contributed by atoms with E-state index in [-0.39, 0.29) is 12.0 Å². The molecule has 1 aromatic carbocycles. The van der Waals surface area contributed by atoms with Gasteiger partial charge < -0.3 is 9.64 Å². The zero-order valence-corrected chi connectivity index (χ0v) is 11.5. The molecule has 18 heavy (non-hydrogen) atoms. The first-order valence-electron chi connectivity index (χ1n) is 6.32. The molecule has 0 aliphatic carbocycles. The minimum absolute atomic E-state index is 0.135. The van der Waals surface area contributed by atoms with Crippen LogP contribution in [-0.4, -0.2) is 36.6 Å². The Morgan fingerprint density at radius 1 is 1.44 bits per heavy atom. The van der Waals surface area contributed by atoms with Gasteiger partial charge in [0.05, 0.1) is 12.5 Å². The third kappa shape index (κ3) is 3.75. The van der Waals surface area contributed by atoms with E-state index in [2.05, 4.69) is 12.6 Å². The molecule has 1 aliphatic heterocycles. The summed E-state index contributed by atoms with van der Waals surface area (Å²) in [7, 11) is 0. The van der Waals surface area contributed by atoms with Crippen molar-refractivity contribution in [1.29, 1.82) is 0 Å². The van der Waals surface area contributed by atoms with E-state index in [1.807, 2.05) is 36.1 Å². The highest BCUT2D eigenvalue weighted by Gasteiger charge is 2.19. The van der Waals surface area contributed by atoms with E-state index in [1.54, 1.807) is 0 Å². The first kappa shape index (κ1) is 13.4.